The summed E-state index contributed by atoms with van der Waals surface area (Å²) < 4.78 is 5.49. The lowest BCUT2D eigenvalue weighted by Crippen LogP contribution is -2.44. The Hall–Kier alpha value is -1.59. The van der Waals surface area contributed by atoms with E-state index in [-0.39, 0.29) is 18.0 Å². The highest BCUT2D eigenvalue weighted by atomic mass is 16.5. The van der Waals surface area contributed by atoms with Crippen LogP contribution in [0.25, 0.3) is 0 Å². The van der Waals surface area contributed by atoms with Gasteiger partial charge in [-0.3, -0.25) is 9.69 Å². The molecule has 1 aliphatic rings. The molecule has 3 N–H and O–H groups in total. The number of hydrogen-bond donors (Lipinski definition) is 2. The van der Waals surface area contributed by atoms with Crippen LogP contribution in [0, 0.1) is 0 Å². The molecule has 2 atom stereocenters. The fourth-order valence-corrected chi connectivity index (χ4v) is 2.90. The molecule has 5 heteroatoms. The first-order valence-electron chi connectivity index (χ1n) is 7.56. The van der Waals surface area contributed by atoms with Gasteiger partial charge in [0.1, 0.15) is 5.75 Å². The summed E-state index contributed by atoms with van der Waals surface area (Å²) in [6.07, 6.45) is 1.79. The number of carbonyl (C=O) groups excluding carboxylic acids is 1. The molecule has 1 heterocycles. The van der Waals surface area contributed by atoms with Crippen LogP contribution in [0.1, 0.15) is 31.4 Å². The maximum absolute atomic E-state index is 11.9. The standard InChI is InChI=1S/C16H25N3O2/c1-3-13(17)16(12-7-4-5-8-14(12)21-2)19-10-6-9-18-15(20)11-19/h4-5,7-8,13,16H,3,6,9-11,17H2,1-2H3,(H,18,20). The van der Waals surface area contributed by atoms with E-state index in [0.29, 0.717) is 6.54 Å². The topological polar surface area (TPSA) is 67.6 Å². The number of nitrogens with one attached hydrogen (secondary N) is 1. The minimum Gasteiger partial charge on any atom is -0.496 e. The molecule has 21 heavy (non-hydrogen) atoms. The molecule has 1 aliphatic heterocycles. The molecule has 2 unspecified atom stereocenters. The Labute approximate surface area is 126 Å². The largest absolute Gasteiger partial charge is 0.496 e. The van der Waals surface area contributed by atoms with Gasteiger partial charge >= 0.3 is 0 Å². The lowest BCUT2D eigenvalue weighted by molar-refractivity contribution is -0.122. The molecule has 0 bridgehead atoms. The Morgan fingerprint density at radius 2 is 2.19 bits per heavy atom. The second kappa shape index (κ2) is 7.43. The molecule has 1 amide bonds. The summed E-state index contributed by atoms with van der Waals surface area (Å²) in [5.41, 5.74) is 7.43. The molecule has 1 saturated heterocycles. The van der Waals surface area contributed by atoms with Crippen LogP contribution in [0.15, 0.2) is 24.3 Å². The number of nitrogens with zero attached hydrogens (tertiary/aromatic N) is 1. The zero-order chi connectivity index (χ0) is 15.2. The number of nitrogens with two attached hydrogens (primary N) is 1. The van der Waals surface area contributed by atoms with Crippen LogP contribution in [0.2, 0.25) is 0 Å². The van der Waals surface area contributed by atoms with E-state index in [0.717, 1.165) is 37.2 Å². The van der Waals surface area contributed by atoms with Crippen molar-refractivity contribution in [3.63, 3.8) is 0 Å². The van der Waals surface area contributed by atoms with Crippen molar-refractivity contribution in [3.05, 3.63) is 29.8 Å². The first kappa shape index (κ1) is 15.8. The molecule has 0 radical (unpaired) electrons. The van der Waals surface area contributed by atoms with Crippen molar-refractivity contribution < 1.29 is 9.53 Å². The molecule has 2 rings (SSSR count). The lowest BCUT2D eigenvalue weighted by atomic mass is 9.95. The average Bonchev–Trinajstić information content (AvgIpc) is 2.72. The minimum absolute atomic E-state index is 0.00463. The van der Waals surface area contributed by atoms with Gasteiger partial charge in [0.2, 0.25) is 5.91 Å². The average molecular weight is 291 g/mol. The molecule has 0 aliphatic carbocycles. The second-order valence-corrected chi connectivity index (χ2v) is 5.43. The van der Waals surface area contributed by atoms with E-state index in [1.165, 1.54) is 0 Å². The summed E-state index contributed by atoms with van der Waals surface area (Å²) in [4.78, 5) is 14.0. The highest BCUT2D eigenvalue weighted by Crippen LogP contribution is 2.32. The number of hydrogen-bond acceptors (Lipinski definition) is 4. The molecule has 116 valence electrons. The normalized spacial score (nSPS) is 19.5. The van der Waals surface area contributed by atoms with Gasteiger partial charge in [-0.25, -0.2) is 0 Å². The summed E-state index contributed by atoms with van der Waals surface area (Å²) in [7, 11) is 1.67. The molecule has 0 aromatic heterocycles. The van der Waals surface area contributed by atoms with Crippen LogP contribution < -0.4 is 15.8 Å². The molecule has 5 nitrogen and oxygen atoms in total. The maximum Gasteiger partial charge on any atom is 0.234 e. The Morgan fingerprint density at radius 3 is 2.90 bits per heavy atom. The molecule has 1 aromatic rings. The van der Waals surface area contributed by atoms with E-state index in [2.05, 4.69) is 17.1 Å². The SMILES string of the molecule is CCC(N)C(c1ccccc1OC)N1CCCNC(=O)C1. The quantitative estimate of drug-likeness (QED) is 0.858. The first-order chi connectivity index (χ1) is 10.2. The molecule has 0 saturated carbocycles. The Balaban J connectivity index is 2.35. The third kappa shape index (κ3) is 3.74. The fourth-order valence-electron chi connectivity index (χ4n) is 2.90. The third-order valence-electron chi connectivity index (χ3n) is 4.02. The summed E-state index contributed by atoms with van der Waals surface area (Å²) in [5, 5.41) is 2.91. The van der Waals surface area contributed by atoms with Crippen LogP contribution in [0.4, 0.5) is 0 Å². The van der Waals surface area contributed by atoms with Gasteiger partial charge in [0, 0.05) is 24.7 Å². The summed E-state index contributed by atoms with van der Waals surface area (Å²) in [6.45, 7) is 4.05. The van der Waals surface area contributed by atoms with Crippen LogP contribution >= 0.6 is 0 Å². The monoisotopic (exact) mass is 291 g/mol. The third-order valence-corrected chi connectivity index (χ3v) is 4.02. The first-order valence-corrected chi connectivity index (χ1v) is 7.56. The number of para-hydroxylation sites is 1. The molecule has 1 aromatic carbocycles. The highest BCUT2D eigenvalue weighted by molar-refractivity contribution is 5.78. The van der Waals surface area contributed by atoms with Gasteiger partial charge in [-0.15, -0.1) is 0 Å². The van der Waals surface area contributed by atoms with Gasteiger partial charge in [0.25, 0.3) is 0 Å². The van der Waals surface area contributed by atoms with Crippen molar-refractivity contribution in [3.8, 4) is 5.75 Å². The van der Waals surface area contributed by atoms with E-state index in [1.54, 1.807) is 7.11 Å². The van der Waals surface area contributed by atoms with Gasteiger partial charge in [-0.05, 0) is 18.9 Å². The predicted molar refractivity (Wildman–Crippen MR) is 83.2 cm³/mol. The van der Waals surface area contributed by atoms with E-state index in [4.69, 9.17) is 10.5 Å². The Morgan fingerprint density at radius 1 is 1.43 bits per heavy atom. The number of methoxy groups -OCH3 is 1. The van der Waals surface area contributed by atoms with Gasteiger partial charge in [-0.2, -0.15) is 0 Å². The number of benzene rings is 1. The molecular formula is C16H25N3O2. The number of ether oxygens (including phenoxy) is 1. The summed E-state index contributed by atoms with van der Waals surface area (Å²) >= 11 is 0. The smallest absolute Gasteiger partial charge is 0.234 e. The van der Waals surface area contributed by atoms with Crippen LogP contribution in [0.5, 0.6) is 5.75 Å². The van der Waals surface area contributed by atoms with Gasteiger partial charge in [-0.1, -0.05) is 25.1 Å². The minimum atomic E-state index is -0.0350. The van der Waals surface area contributed by atoms with Crippen molar-refractivity contribution >= 4 is 5.91 Å². The predicted octanol–water partition coefficient (Wildman–Crippen LogP) is 1.30. The number of amides is 1. The highest BCUT2D eigenvalue weighted by Gasteiger charge is 2.30. The lowest BCUT2D eigenvalue weighted by Gasteiger charge is -2.34. The summed E-state index contributed by atoms with van der Waals surface area (Å²) in [5.74, 6) is 0.895. The molecule has 0 spiro atoms. The van der Waals surface area contributed by atoms with E-state index in [1.807, 2.05) is 24.3 Å². The van der Waals surface area contributed by atoms with E-state index in [9.17, 15) is 4.79 Å². The van der Waals surface area contributed by atoms with Crippen molar-refractivity contribution in [2.24, 2.45) is 5.73 Å². The Bertz CT molecular complexity index is 478. The zero-order valence-electron chi connectivity index (χ0n) is 12.8. The van der Waals surface area contributed by atoms with Crippen molar-refractivity contribution in [1.82, 2.24) is 10.2 Å². The van der Waals surface area contributed by atoms with E-state index >= 15 is 0 Å². The van der Waals surface area contributed by atoms with Crippen molar-refractivity contribution in [2.45, 2.75) is 31.8 Å². The van der Waals surface area contributed by atoms with Gasteiger partial charge in [0.15, 0.2) is 0 Å². The maximum atomic E-state index is 11.9. The number of carbonyl (C=O) groups is 1. The van der Waals surface area contributed by atoms with Crippen molar-refractivity contribution in [2.75, 3.05) is 26.7 Å². The van der Waals surface area contributed by atoms with Crippen molar-refractivity contribution in [1.29, 1.82) is 0 Å². The van der Waals surface area contributed by atoms with Crippen LogP contribution in [0.3, 0.4) is 0 Å². The van der Waals surface area contributed by atoms with Gasteiger partial charge in [0.05, 0.1) is 19.7 Å². The molecule has 1 fully saturated rings. The van der Waals surface area contributed by atoms with Gasteiger partial charge < -0.3 is 15.8 Å². The zero-order valence-corrected chi connectivity index (χ0v) is 12.8. The van der Waals surface area contributed by atoms with E-state index < -0.39 is 0 Å². The Kier molecular flexibility index (Phi) is 5.59. The van der Waals surface area contributed by atoms with Crippen LogP contribution in [-0.4, -0.2) is 43.6 Å². The fraction of sp³-hybridized carbons (Fsp3) is 0.562. The second-order valence-electron chi connectivity index (χ2n) is 5.43. The summed E-state index contributed by atoms with van der Waals surface area (Å²) in [6, 6.07) is 7.89. The molecular weight excluding hydrogens is 266 g/mol. The van der Waals surface area contributed by atoms with Crippen LogP contribution in [-0.2, 0) is 4.79 Å². The number of rotatable bonds is 5.